The summed E-state index contributed by atoms with van der Waals surface area (Å²) in [6.45, 7) is 2.17. The molecule has 20 heavy (non-hydrogen) atoms. The van der Waals surface area contributed by atoms with E-state index >= 15 is 0 Å². The quantitative estimate of drug-likeness (QED) is 0.772. The van der Waals surface area contributed by atoms with E-state index in [9.17, 15) is 4.79 Å². The first kappa shape index (κ1) is 12.5. The fourth-order valence-electron chi connectivity index (χ4n) is 2.25. The Balaban J connectivity index is 1.72. The number of nitrogen functional groups attached to an aromatic ring is 1. The Morgan fingerprint density at radius 2 is 2.30 bits per heavy atom. The van der Waals surface area contributed by atoms with Crippen LogP contribution in [0.25, 0.3) is 0 Å². The number of H-pyrrole nitrogens is 1. The van der Waals surface area contributed by atoms with Crippen molar-refractivity contribution in [3.05, 3.63) is 35.5 Å². The van der Waals surface area contributed by atoms with E-state index in [0.29, 0.717) is 24.5 Å². The van der Waals surface area contributed by atoms with Crippen molar-refractivity contribution in [2.24, 2.45) is 5.92 Å². The number of carbonyl (C=O) groups is 1. The van der Waals surface area contributed by atoms with Crippen molar-refractivity contribution < 1.29 is 9.53 Å². The molecule has 1 aliphatic heterocycles. The normalized spacial score (nSPS) is 17.1. The Hall–Kier alpha value is -2.50. The SMILES string of the molecule is Cc1[nH]nc(NC(=O)C2COc3ccccc3C2)c1N. The summed E-state index contributed by atoms with van der Waals surface area (Å²) in [4.78, 5) is 12.2. The maximum Gasteiger partial charge on any atom is 0.232 e. The summed E-state index contributed by atoms with van der Waals surface area (Å²) in [7, 11) is 0. The first-order valence-corrected chi connectivity index (χ1v) is 6.47. The van der Waals surface area contributed by atoms with Gasteiger partial charge in [0.05, 0.1) is 17.3 Å². The maximum atomic E-state index is 12.2. The van der Waals surface area contributed by atoms with Gasteiger partial charge in [-0.05, 0) is 25.0 Å². The molecular formula is C14H16N4O2. The van der Waals surface area contributed by atoms with Crippen LogP contribution in [0.15, 0.2) is 24.3 Å². The minimum atomic E-state index is -0.235. The molecule has 1 atom stereocenters. The van der Waals surface area contributed by atoms with Crippen LogP contribution >= 0.6 is 0 Å². The molecule has 1 aromatic heterocycles. The van der Waals surface area contributed by atoms with Gasteiger partial charge in [-0.3, -0.25) is 9.89 Å². The molecule has 2 aromatic rings. The molecular weight excluding hydrogens is 256 g/mol. The summed E-state index contributed by atoms with van der Waals surface area (Å²) in [6.07, 6.45) is 0.658. The van der Waals surface area contributed by atoms with Crippen LogP contribution in [-0.4, -0.2) is 22.7 Å². The standard InChI is InChI=1S/C14H16N4O2/c1-8-12(15)13(18-17-8)16-14(19)10-6-9-4-2-3-5-11(9)20-7-10/h2-5,10H,6-7,15H2,1H3,(H2,16,17,18,19). The first-order valence-electron chi connectivity index (χ1n) is 6.47. The summed E-state index contributed by atoms with van der Waals surface area (Å²) >= 11 is 0. The average molecular weight is 272 g/mol. The molecule has 1 aromatic carbocycles. The van der Waals surface area contributed by atoms with Crippen LogP contribution in [0.3, 0.4) is 0 Å². The smallest absolute Gasteiger partial charge is 0.232 e. The molecule has 1 aliphatic rings. The van der Waals surface area contributed by atoms with E-state index in [-0.39, 0.29) is 11.8 Å². The van der Waals surface area contributed by atoms with Crippen LogP contribution < -0.4 is 15.8 Å². The summed E-state index contributed by atoms with van der Waals surface area (Å²) in [5.41, 5.74) is 8.07. The van der Waals surface area contributed by atoms with Crippen LogP contribution in [-0.2, 0) is 11.2 Å². The highest BCUT2D eigenvalue weighted by atomic mass is 16.5. The third kappa shape index (κ3) is 2.20. The second kappa shape index (κ2) is 4.88. The predicted molar refractivity (Wildman–Crippen MR) is 75.5 cm³/mol. The number of amides is 1. The van der Waals surface area contributed by atoms with Gasteiger partial charge in [-0.2, -0.15) is 5.10 Å². The van der Waals surface area contributed by atoms with E-state index in [4.69, 9.17) is 10.5 Å². The summed E-state index contributed by atoms with van der Waals surface area (Å²) in [5.74, 6) is 0.872. The molecule has 0 fully saturated rings. The minimum Gasteiger partial charge on any atom is -0.492 e. The molecule has 0 aliphatic carbocycles. The number of ether oxygens (including phenoxy) is 1. The zero-order valence-corrected chi connectivity index (χ0v) is 11.1. The van der Waals surface area contributed by atoms with Crippen LogP contribution in [0.1, 0.15) is 11.3 Å². The van der Waals surface area contributed by atoms with E-state index in [1.54, 1.807) is 6.92 Å². The minimum absolute atomic E-state index is 0.127. The number of anilines is 2. The monoisotopic (exact) mass is 272 g/mol. The summed E-state index contributed by atoms with van der Waals surface area (Å²) in [6, 6.07) is 7.75. The Morgan fingerprint density at radius 1 is 1.50 bits per heavy atom. The van der Waals surface area contributed by atoms with E-state index in [1.165, 1.54) is 0 Å². The van der Waals surface area contributed by atoms with Crippen LogP contribution in [0.5, 0.6) is 5.75 Å². The number of rotatable bonds is 2. The zero-order valence-electron chi connectivity index (χ0n) is 11.1. The van der Waals surface area contributed by atoms with Crippen LogP contribution in [0, 0.1) is 12.8 Å². The number of nitrogens with zero attached hydrogens (tertiary/aromatic N) is 1. The number of aryl methyl sites for hydroxylation is 1. The van der Waals surface area contributed by atoms with Crippen molar-refractivity contribution in [3.63, 3.8) is 0 Å². The Labute approximate surface area is 116 Å². The van der Waals surface area contributed by atoms with Gasteiger partial charge < -0.3 is 15.8 Å². The lowest BCUT2D eigenvalue weighted by Crippen LogP contribution is -2.32. The largest absolute Gasteiger partial charge is 0.492 e. The highest BCUT2D eigenvalue weighted by molar-refractivity contribution is 5.94. The molecule has 4 N–H and O–H groups in total. The lowest BCUT2D eigenvalue weighted by Gasteiger charge is -2.24. The van der Waals surface area contributed by atoms with Crippen molar-refractivity contribution in [2.75, 3.05) is 17.7 Å². The third-order valence-electron chi connectivity index (χ3n) is 3.49. The number of aromatic nitrogens is 2. The van der Waals surface area contributed by atoms with Crippen molar-refractivity contribution in [2.45, 2.75) is 13.3 Å². The van der Waals surface area contributed by atoms with Crippen molar-refractivity contribution >= 4 is 17.4 Å². The molecule has 2 heterocycles. The summed E-state index contributed by atoms with van der Waals surface area (Å²) in [5, 5.41) is 9.46. The fourth-order valence-corrected chi connectivity index (χ4v) is 2.25. The topological polar surface area (TPSA) is 93.0 Å². The van der Waals surface area contributed by atoms with Gasteiger partial charge in [0, 0.05) is 0 Å². The highest BCUT2D eigenvalue weighted by Gasteiger charge is 2.26. The van der Waals surface area contributed by atoms with E-state index in [1.807, 2.05) is 24.3 Å². The number of aromatic amines is 1. The molecule has 3 rings (SSSR count). The average Bonchev–Trinajstić information content (AvgIpc) is 2.78. The predicted octanol–water partition coefficient (Wildman–Crippen LogP) is 1.49. The number of para-hydroxylation sites is 1. The number of nitrogens with one attached hydrogen (secondary N) is 2. The number of nitrogens with two attached hydrogens (primary N) is 1. The van der Waals surface area contributed by atoms with Gasteiger partial charge in [-0.25, -0.2) is 0 Å². The Kier molecular flexibility index (Phi) is 3.06. The van der Waals surface area contributed by atoms with Gasteiger partial charge in [-0.15, -0.1) is 0 Å². The van der Waals surface area contributed by atoms with E-state index < -0.39 is 0 Å². The zero-order chi connectivity index (χ0) is 14.1. The number of fused-ring (bicyclic) bond motifs is 1. The molecule has 6 nitrogen and oxygen atoms in total. The molecule has 0 saturated heterocycles. The molecule has 0 bridgehead atoms. The molecule has 1 unspecified atom stereocenters. The highest BCUT2D eigenvalue weighted by Crippen LogP contribution is 2.28. The second-order valence-corrected chi connectivity index (χ2v) is 4.92. The van der Waals surface area contributed by atoms with Gasteiger partial charge in [0.15, 0.2) is 5.82 Å². The van der Waals surface area contributed by atoms with Gasteiger partial charge in [0.25, 0.3) is 0 Å². The molecule has 1 amide bonds. The molecule has 0 spiro atoms. The van der Waals surface area contributed by atoms with Crippen LogP contribution in [0.2, 0.25) is 0 Å². The van der Waals surface area contributed by atoms with Crippen LogP contribution in [0.4, 0.5) is 11.5 Å². The fraction of sp³-hybridized carbons (Fsp3) is 0.286. The Morgan fingerprint density at radius 3 is 3.05 bits per heavy atom. The van der Waals surface area contributed by atoms with Crippen molar-refractivity contribution in [1.29, 1.82) is 0 Å². The lowest BCUT2D eigenvalue weighted by atomic mass is 9.96. The molecule has 0 radical (unpaired) electrons. The number of benzene rings is 1. The van der Waals surface area contributed by atoms with E-state index in [0.717, 1.165) is 17.0 Å². The number of hydrogen-bond acceptors (Lipinski definition) is 4. The second-order valence-electron chi connectivity index (χ2n) is 4.92. The lowest BCUT2D eigenvalue weighted by molar-refractivity contribution is -0.121. The number of hydrogen-bond donors (Lipinski definition) is 3. The third-order valence-corrected chi connectivity index (χ3v) is 3.49. The van der Waals surface area contributed by atoms with Gasteiger partial charge >= 0.3 is 0 Å². The molecule has 0 saturated carbocycles. The maximum absolute atomic E-state index is 12.2. The van der Waals surface area contributed by atoms with Crippen molar-refractivity contribution in [1.82, 2.24) is 10.2 Å². The molecule has 6 heteroatoms. The summed E-state index contributed by atoms with van der Waals surface area (Å²) < 4.78 is 5.61. The number of carbonyl (C=O) groups excluding carboxylic acids is 1. The van der Waals surface area contributed by atoms with Gasteiger partial charge in [0.1, 0.15) is 12.4 Å². The molecule has 104 valence electrons. The Bertz CT molecular complexity index is 650. The van der Waals surface area contributed by atoms with E-state index in [2.05, 4.69) is 15.5 Å². The first-order chi connectivity index (χ1) is 9.65. The van der Waals surface area contributed by atoms with Gasteiger partial charge in [-0.1, -0.05) is 18.2 Å². The van der Waals surface area contributed by atoms with Crippen molar-refractivity contribution in [3.8, 4) is 5.75 Å². The van der Waals surface area contributed by atoms with Gasteiger partial charge in [0.2, 0.25) is 5.91 Å².